The number of halogens is 1. The van der Waals surface area contributed by atoms with Gasteiger partial charge in [-0.3, -0.25) is 0 Å². The van der Waals surface area contributed by atoms with E-state index in [2.05, 4.69) is 0 Å². The monoisotopic (exact) mass is 302 g/mol. The second-order valence-corrected chi connectivity index (χ2v) is 10.5. The highest BCUT2D eigenvalue weighted by Gasteiger charge is 2.35. The van der Waals surface area contributed by atoms with Crippen molar-refractivity contribution in [2.75, 3.05) is 12.3 Å². The minimum atomic E-state index is 0.0921. The highest BCUT2D eigenvalue weighted by Crippen LogP contribution is 2.59. The van der Waals surface area contributed by atoms with Crippen molar-refractivity contribution in [1.82, 2.24) is 0 Å². The summed E-state index contributed by atoms with van der Waals surface area (Å²) in [6.45, 7) is 0. The molecule has 2 aliphatic rings. The van der Waals surface area contributed by atoms with E-state index in [4.69, 9.17) is 11.6 Å². The highest BCUT2D eigenvalue weighted by molar-refractivity contribution is 7.61. The molecule has 0 unspecified atom stereocenters. The molecule has 0 N–H and O–H groups in total. The van der Waals surface area contributed by atoms with Crippen LogP contribution in [0.5, 0.6) is 0 Å². The first-order valence-corrected chi connectivity index (χ1v) is 10.8. The summed E-state index contributed by atoms with van der Waals surface area (Å²) in [5.74, 6) is 0. The first-order valence-electron chi connectivity index (χ1n) is 8.75. The minimum absolute atomic E-state index is 0.0921. The summed E-state index contributed by atoms with van der Waals surface area (Å²) in [6, 6.07) is 0. The van der Waals surface area contributed by atoms with Crippen LogP contribution in [0.2, 0.25) is 0 Å². The van der Waals surface area contributed by atoms with Crippen LogP contribution in [0.25, 0.3) is 0 Å². The van der Waals surface area contributed by atoms with Crippen molar-refractivity contribution in [3.8, 4) is 0 Å². The Balaban J connectivity index is 1.95. The van der Waals surface area contributed by atoms with Crippen LogP contribution >= 0.6 is 19.5 Å². The minimum Gasteiger partial charge on any atom is -0.114 e. The third-order valence-corrected chi connectivity index (χ3v) is 9.43. The third-order valence-electron chi connectivity index (χ3n) is 5.04. The Morgan fingerprint density at radius 1 is 0.526 bits per heavy atom. The lowest BCUT2D eigenvalue weighted by molar-refractivity contribution is 0.585. The molecule has 0 bridgehead atoms. The number of hydrogen-bond donors (Lipinski definition) is 0. The van der Waals surface area contributed by atoms with E-state index in [0.29, 0.717) is 0 Å². The first-order chi connectivity index (χ1) is 9.31. The van der Waals surface area contributed by atoms with Crippen LogP contribution in [0.3, 0.4) is 0 Å². The zero-order valence-electron chi connectivity index (χ0n) is 12.6. The summed E-state index contributed by atoms with van der Waals surface area (Å²) < 4.78 is 0.226. The summed E-state index contributed by atoms with van der Waals surface area (Å²) in [6.07, 6.45) is 22.9. The van der Waals surface area contributed by atoms with Gasteiger partial charge in [0.15, 0.2) is 0 Å². The van der Waals surface area contributed by atoms with Gasteiger partial charge in [-0.2, -0.15) is 0 Å². The second kappa shape index (κ2) is 8.89. The molecule has 0 aromatic carbocycles. The summed E-state index contributed by atoms with van der Waals surface area (Å²) in [4.78, 5) is 0. The van der Waals surface area contributed by atoms with E-state index < -0.39 is 0 Å². The summed E-state index contributed by atoms with van der Waals surface area (Å²) in [5, 5.41) is 0. The third kappa shape index (κ3) is 5.55. The van der Waals surface area contributed by atoms with Crippen LogP contribution in [0, 0.1) is 0 Å². The van der Waals surface area contributed by atoms with E-state index in [-0.39, 0.29) is 12.5 Å². The topological polar surface area (TPSA) is 0 Å². The average Bonchev–Trinajstić information content (AvgIpc) is 2.61. The second-order valence-electron chi connectivity index (χ2n) is 6.65. The lowest BCUT2D eigenvalue weighted by atomic mass is 10.1. The maximum Gasteiger partial charge on any atom is 0.0640 e. The molecule has 2 rings (SSSR count). The standard InChI is InChI=1S/C17H32ClP/c18-17(13-9-5-1-2-6-10-14-17)19-15-11-7-3-4-8-12-16-19/h1-16H2. The SMILES string of the molecule is ClC1(P2CCCCCCCC2)CCCCCCCC1. The molecule has 1 aliphatic carbocycles. The molecule has 1 saturated heterocycles. The number of hydrogen-bond acceptors (Lipinski definition) is 0. The van der Waals surface area contributed by atoms with Gasteiger partial charge in [-0.15, -0.1) is 11.6 Å². The molecule has 1 heterocycles. The van der Waals surface area contributed by atoms with E-state index in [1.54, 1.807) is 0 Å². The smallest absolute Gasteiger partial charge is 0.0640 e. The number of rotatable bonds is 1. The molecule has 112 valence electrons. The molecule has 0 aromatic rings. The maximum atomic E-state index is 7.21. The fourth-order valence-electron chi connectivity index (χ4n) is 3.77. The van der Waals surface area contributed by atoms with Gasteiger partial charge in [-0.25, -0.2) is 0 Å². The van der Waals surface area contributed by atoms with Crippen LogP contribution in [0.1, 0.15) is 89.9 Å². The van der Waals surface area contributed by atoms with E-state index in [0.717, 1.165) is 0 Å². The van der Waals surface area contributed by atoms with E-state index in [1.807, 2.05) is 0 Å². The molecule has 0 aromatic heterocycles. The van der Waals surface area contributed by atoms with Crippen LogP contribution < -0.4 is 0 Å². The first kappa shape index (κ1) is 16.1. The molecule has 19 heavy (non-hydrogen) atoms. The number of alkyl halides is 1. The molecule has 1 aliphatic heterocycles. The molecule has 0 radical (unpaired) electrons. The Bertz CT molecular complexity index is 221. The normalized spacial score (nSPS) is 28.3. The summed E-state index contributed by atoms with van der Waals surface area (Å²) in [5.41, 5.74) is 0. The molecule has 2 fully saturated rings. The average molecular weight is 303 g/mol. The van der Waals surface area contributed by atoms with Crippen LogP contribution in [0.15, 0.2) is 0 Å². The molecule has 2 heteroatoms. The molecule has 0 nitrogen and oxygen atoms in total. The molecule has 0 spiro atoms. The predicted octanol–water partition coefficient (Wildman–Crippen LogP) is 6.89. The Labute approximate surface area is 126 Å². The van der Waals surface area contributed by atoms with E-state index >= 15 is 0 Å². The Kier molecular flexibility index (Phi) is 7.53. The van der Waals surface area contributed by atoms with Crippen molar-refractivity contribution in [3.63, 3.8) is 0 Å². The van der Waals surface area contributed by atoms with Crippen molar-refractivity contribution in [2.45, 2.75) is 94.5 Å². The fraction of sp³-hybridized carbons (Fsp3) is 1.00. The Hall–Kier alpha value is 0.720. The van der Waals surface area contributed by atoms with Crippen molar-refractivity contribution in [3.05, 3.63) is 0 Å². The highest BCUT2D eigenvalue weighted by atomic mass is 35.5. The van der Waals surface area contributed by atoms with Gasteiger partial charge in [-0.05, 0) is 38.0 Å². The zero-order valence-corrected chi connectivity index (χ0v) is 14.3. The van der Waals surface area contributed by atoms with Gasteiger partial charge in [-0.1, -0.05) is 72.1 Å². The van der Waals surface area contributed by atoms with E-state index in [1.165, 1.54) is 102 Å². The molecule has 0 amide bonds. The van der Waals surface area contributed by atoms with Gasteiger partial charge in [0.2, 0.25) is 0 Å². The molecular weight excluding hydrogens is 271 g/mol. The van der Waals surface area contributed by atoms with Crippen molar-refractivity contribution in [1.29, 1.82) is 0 Å². The molecular formula is C17H32ClP. The van der Waals surface area contributed by atoms with Crippen molar-refractivity contribution >= 4 is 19.5 Å². The molecule has 1 saturated carbocycles. The summed E-state index contributed by atoms with van der Waals surface area (Å²) >= 11 is 7.21. The lowest BCUT2D eigenvalue weighted by Crippen LogP contribution is -2.22. The van der Waals surface area contributed by atoms with Gasteiger partial charge in [0, 0.05) is 0 Å². The summed E-state index contributed by atoms with van der Waals surface area (Å²) in [7, 11) is 0.0921. The van der Waals surface area contributed by atoms with Gasteiger partial charge in [0.1, 0.15) is 0 Å². The van der Waals surface area contributed by atoms with Gasteiger partial charge in [0.25, 0.3) is 0 Å². The Morgan fingerprint density at radius 2 is 0.895 bits per heavy atom. The predicted molar refractivity (Wildman–Crippen MR) is 89.9 cm³/mol. The zero-order chi connectivity index (χ0) is 13.4. The van der Waals surface area contributed by atoms with Crippen LogP contribution in [-0.4, -0.2) is 16.9 Å². The van der Waals surface area contributed by atoms with Crippen molar-refractivity contribution < 1.29 is 0 Å². The van der Waals surface area contributed by atoms with Gasteiger partial charge < -0.3 is 0 Å². The quantitative estimate of drug-likeness (QED) is 0.365. The van der Waals surface area contributed by atoms with Crippen LogP contribution in [0.4, 0.5) is 0 Å². The van der Waals surface area contributed by atoms with Crippen molar-refractivity contribution in [2.24, 2.45) is 0 Å². The fourth-order valence-corrected chi connectivity index (χ4v) is 7.72. The van der Waals surface area contributed by atoms with Gasteiger partial charge in [0.05, 0.1) is 4.62 Å². The lowest BCUT2D eigenvalue weighted by Gasteiger charge is -2.36. The molecule has 0 atom stereocenters. The Morgan fingerprint density at radius 3 is 1.37 bits per heavy atom. The maximum absolute atomic E-state index is 7.21. The van der Waals surface area contributed by atoms with Crippen LogP contribution in [-0.2, 0) is 0 Å². The van der Waals surface area contributed by atoms with E-state index in [9.17, 15) is 0 Å². The largest absolute Gasteiger partial charge is 0.114 e. The van der Waals surface area contributed by atoms with Gasteiger partial charge >= 0.3 is 0 Å².